The second kappa shape index (κ2) is 8.84. The fourth-order valence-corrected chi connectivity index (χ4v) is 4.68. The Balaban J connectivity index is 1.44. The van der Waals surface area contributed by atoms with Crippen molar-refractivity contribution in [1.29, 1.82) is 0 Å². The molecule has 9 nitrogen and oxygen atoms in total. The van der Waals surface area contributed by atoms with Gasteiger partial charge in [0.1, 0.15) is 17.2 Å². The maximum absolute atomic E-state index is 13.5. The van der Waals surface area contributed by atoms with Crippen molar-refractivity contribution in [2.75, 3.05) is 23.7 Å². The zero-order chi connectivity index (χ0) is 24.6. The Hall–Kier alpha value is -4.66. The lowest BCUT2D eigenvalue weighted by Crippen LogP contribution is -2.35. The molecule has 0 unspecified atom stereocenters. The number of nitrogen functional groups attached to an aromatic ring is 1. The summed E-state index contributed by atoms with van der Waals surface area (Å²) in [7, 11) is 1.84. The van der Waals surface area contributed by atoms with Crippen LogP contribution in [0.25, 0.3) is 33.5 Å². The first kappa shape index (κ1) is 21.8. The number of rotatable bonds is 5. The van der Waals surface area contributed by atoms with Crippen LogP contribution in [0, 0.1) is 0 Å². The van der Waals surface area contributed by atoms with Gasteiger partial charge in [-0.3, -0.25) is 14.5 Å². The van der Waals surface area contributed by atoms with Crippen LogP contribution in [-0.2, 0) is 13.5 Å². The predicted octanol–water partition coefficient (Wildman–Crippen LogP) is 3.71. The molecule has 0 amide bonds. The first-order chi connectivity index (χ1) is 17.6. The van der Waals surface area contributed by atoms with Crippen molar-refractivity contribution in [3.05, 3.63) is 78.4 Å². The lowest BCUT2D eigenvalue weighted by molar-refractivity contribution is 0.0994. The number of fused-ring (bicyclic) bond motifs is 2. The van der Waals surface area contributed by atoms with Gasteiger partial charge in [0.25, 0.3) is 0 Å². The Morgan fingerprint density at radius 3 is 2.75 bits per heavy atom. The highest BCUT2D eigenvalue weighted by Crippen LogP contribution is 2.32. The third-order valence-corrected chi connectivity index (χ3v) is 6.40. The van der Waals surface area contributed by atoms with Gasteiger partial charge in [-0.2, -0.15) is 5.10 Å². The summed E-state index contributed by atoms with van der Waals surface area (Å²) in [5.74, 6) is 0.732. The molecule has 0 aliphatic carbocycles. The minimum absolute atomic E-state index is 0.0881. The zero-order valence-electron chi connectivity index (χ0n) is 19.8. The smallest absolute Gasteiger partial charge is 0.204 e. The third kappa shape index (κ3) is 3.94. The lowest BCUT2D eigenvalue weighted by Gasteiger charge is -2.29. The predicted molar refractivity (Wildman–Crippen MR) is 138 cm³/mol. The standard InChI is InChI=1S/C27H24N8O/c1-34-14-10-21(33-34)24-23(19-8-9-20-18(15-19)6-3-11-29-20)31-25(26(28)32-24)22(36)16-35-13-4-7-17-5-2-12-30-27(17)35/h2-3,5-6,8-12,14-15H,4,7,13,16H2,1H3,(H2,28,32). The van der Waals surface area contributed by atoms with Crippen LogP contribution in [-0.4, -0.2) is 48.6 Å². The van der Waals surface area contributed by atoms with Crippen LogP contribution >= 0.6 is 0 Å². The molecule has 0 radical (unpaired) electrons. The van der Waals surface area contributed by atoms with E-state index in [2.05, 4.69) is 26.1 Å². The van der Waals surface area contributed by atoms with E-state index < -0.39 is 0 Å². The van der Waals surface area contributed by atoms with Crippen LogP contribution in [0.4, 0.5) is 11.6 Å². The highest BCUT2D eigenvalue weighted by molar-refractivity contribution is 6.02. The molecule has 178 valence electrons. The lowest BCUT2D eigenvalue weighted by atomic mass is 10.0. The number of carbonyl (C=O) groups excluding carboxylic acids is 1. The number of nitrogens with two attached hydrogens (primary N) is 1. The highest BCUT2D eigenvalue weighted by Gasteiger charge is 2.25. The maximum atomic E-state index is 13.5. The number of hydrogen-bond acceptors (Lipinski definition) is 8. The Kier molecular flexibility index (Phi) is 5.37. The Morgan fingerprint density at radius 1 is 1.03 bits per heavy atom. The molecule has 5 heterocycles. The van der Waals surface area contributed by atoms with Gasteiger partial charge in [0.15, 0.2) is 11.5 Å². The number of aryl methyl sites for hydroxylation is 2. The molecule has 0 saturated carbocycles. The quantitative estimate of drug-likeness (QED) is 0.382. The number of ketones is 1. The molecule has 4 aromatic heterocycles. The van der Waals surface area contributed by atoms with Gasteiger partial charge in [-0.05, 0) is 48.7 Å². The van der Waals surface area contributed by atoms with Crippen molar-refractivity contribution in [1.82, 2.24) is 29.7 Å². The van der Waals surface area contributed by atoms with Crippen LogP contribution in [0.15, 0.2) is 67.1 Å². The van der Waals surface area contributed by atoms with E-state index in [0.717, 1.165) is 47.2 Å². The molecule has 1 aliphatic rings. The highest BCUT2D eigenvalue weighted by atomic mass is 16.1. The van der Waals surface area contributed by atoms with Gasteiger partial charge in [0.2, 0.25) is 5.78 Å². The molecule has 0 atom stereocenters. The largest absolute Gasteiger partial charge is 0.382 e. The van der Waals surface area contributed by atoms with E-state index in [4.69, 9.17) is 10.7 Å². The van der Waals surface area contributed by atoms with Gasteiger partial charge in [-0.1, -0.05) is 18.2 Å². The van der Waals surface area contributed by atoms with E-state index in [0.29, 0.717) is 17.1 Å². The van der Waals surface area contributed by atoms with E-state index in [9.17, 15) is 4.79 Å². The van der Waals surface area contributed by atoms with E-state index in [1.807, 2.05) is 60.6 Å². The molecule has 0 saturated heterocycles. The molecular formula is C27H24N8O. The molecule has 0 spiro atoms. The van der Waals surface area contributed by atoms with Crippen molar-refractivity contribution in [3.8, 4) is 22.6 Å². The molecular weight excluding hydrogens is 452 g/mol. The molecule has 0 bridgehead atoms. The summed E-state index contributed by atoms with van der Waals surface area (Å²) in [5.41, 5.74) is 11.0. The fraction of sp³-hybridized carbons (Fsp3) is 0.185. The Morgan fingerprint density at radius 2 is 1.89 bits per heavy atom. The topological polar surface area (TPSA) is 116 Å². The number of anilines is 2. The van der Waals surface area contributed by atoms with Crippen LogP contribution in [0.5, 0.6) is 0 Å². The van der Waals surface area contributed by atoms with E-state index >= 15 is 0 Å². The van der Waals surface area contributed by atoms with Gasteiger partial charge in [0.05, 0.1) is 17.8 Å². The summed E-state index contributed by atoms with van der Waals surface area (Å²) in [6.45, 7) is 0.881. The van der Waals surface area contributed by atoms with E-state index in [1.54, 1.807) is 17.1 Å². The van der Waals surface area contributed by atoms with Gasteiger partial charge < -0.3 is 10.6 Å². The van der Waals surface area contributed by atoms with Gasteiger partial charge >= 0.3 is 0 Å². The van der Waals surface area contributed by atoms with Crippen LogP contribution in [0.3, 0.4) is 0 Å². The third-order valence-electron chi connectivity index (χ3n) is 6.40. The molecule has 6 rings (SSSR count). The number of nitrogens with zero attached hydrogens (tertiary/aromatic N) is 7. The number of hydrogen-bond donors (Lipinski definition) is 1. The molecule has 1 aliphatic heterocycles. The van der Waals surface area contributed by atoms with Crippen molar-refractivity contribution < 1.29 is 4.79 Å². The minimum Gasteiger partial charge on any atom is -0.382 e. The molecule has 5 aromatic rings. The summed E-state index contributed by atoms with van der Waals surface area (Å²) in [6.07, 6.45) is 7.26. The Labute approximate surface area is 207 Å². The molecule has 36 heavy (non-hydrogen) atoms. The second-order valence-electron chi connectivity index (χ2n) is 8.87. The molecule has 2 N–H and O–H groups in total. The normalized spacial score (nSPS) is 13.1. The van der Waals surface area contributed by atoms with Crippen molar-refractivity contribution in [3.63, 3.8) is 0 Å². The van der Waals surface area contributed by atoms with Crippen LogP contribution in [0.2, 0.25) is 0 Å². The number of benzene rings is 1. The van der Waals surface area contributed by atoms with Crippen molar-refractivity contribution in [2.24, 2.45) is 7.05 Å². The zero-order valence-corrected chi connectivity index (χ0v) is 19.8. The summed E-state index contributed by atoms with van der Waals surface area (Å²) < 4.78 is 1.70. The van der Waals surface area contributed by atoms with E-state index in [1.165, 1.54) is 0 Å². The Bertz CT molecular complexity index is 1610. The van der Waals surface area contributed by atoms with Crippen molar-refractivity contribution in [2.45, 2.75) is 12.8 Å². The maximum Gasteiger partial charge on any atom is 0.204 e. The van der Waals surface area contributed by atoms with Crippen molar-refractivity contribution >= 4 is 28.3 Å². The average molecular weight is 477 g/mol. The number of pyridine rings is 2. The molecule has 1 aromatic carbocycles. The summed E-state index contributed by atoms with van der Waals surface area (Å²) >= 11 is 0. The first-order valence-corrected chi connectivity index (χ1v) is 11.8. The van der Waals surface area contributed by atoms with Gasteiger partial charge in [-0.15, -0.1) is 0 Å². The second-order valence-corrected chi connectivity index (χ2v) is 8.87. The minimum atomic E-state index is -0.199. The summed E-state index contributed by atoms with van der Waals surface area (Å²) in [4.78, 5) is 33.9. The van der Waals surface area contributed by atoms with E-state index in [-0.39, 0.29) is 23.8 Å². The SMILES string of the molecule is Cn1ccc(-c2nc(N)c(C(=O)CN3CCCc4cccnc43)nc2-c2ccc3ncccc3c2)n1. The number of aromatic nitrogens is 6. The number of carbonyl (C=O) groups is 1. The summed E-state index contributed by atoms with van der Waals surface area (Å²) in [6, 6.07) is 15.6. The average Bonchev–Trinajstić information content (AvgIpc) is 3.34. The first-order valence-electron chi connectivity index (χ1n) is 11.8. The van der Waals surface area contributed by atoms with Gasteiger partial charge in [-0.25, -0.2) is 15.0 Å². The fourth-order valence-electron chi connectivity index (χ4n) is 4.68. The summed E-state index contributed by atoms with van der Waals surface area (Å²) in [5, 5.41) is 5.47. The molecule has 0 fully saturated rings. The van der Waals surface area contributed by atoms with Gasteiger partial charge in [0, 0.05) is 43.1 Å². The molecule has 9 heteroatoms. The monoisotopic (exact) mass is 476 g/mol. The van der Waals surface area contributed by atoms with Crippen LogP contribution < -0.4 is 10.6 Å². The van der Waals surface area contributed by atoms with Crippen LogP contribution in [0.1, 0.15) is 22.5 Å². The number of Topliss-reactive ketones (excluding diaryl/α,β-unsaturated/α-hetero) is 1.